The molecule has 5 nitrogen and oxygen atoms in total. The summed E-state index contributed by atoms with van der Waals surface area (Å²) < 4.78 is 11.0. The SMILES string of the molecule is COCC1(CNC(=O)COc2ccc(C(C)C)c(C)c2)CCNCC1.Cl. The molecule has 1 heterocycles. The zero-order valence-electron chi connectivity index (χ0n) is 16.4. The lowest BCUT2D eigenvalue weighted by molar-refractivity contribution is -0.124. The van der Waals surface area contributed by atoms with Crippen LogP contribution in [0.2, 0.25) is 0 Å². The van der Waals surface area contributed by atoms with Gasteiger partial charge in [0.25, 0.3) is 5.91 Å². The molecular formula is C20H33ClN2O3. The quantitative estimate of drug-likeness (QED) is 0.723. The Hall–Kier alpha value is -1.30. The molecule has 0 aromatic heterocycles. The van der Waals surface area contributed by atoms with Crippen molar-refractivity contribution < 1.29 is 14.3 Å². The third-order valence-electron chi connectivity index (χ3n) is 5.01. The number of hydrogen-bond donors (Lipinski definition) is 2. The molecular weight excluding hydrogens is 352 g/mol. The summed E-state index contributed by atoms with van der Waals surface area (Å²) in [5.74, 6) is 1.14. The van der Waals surface area contributed by atoms with E-state index in [4.69, 9.17) is 9.47 Å². The summed E-state index contributed by atoms with van der Waals surface area (Å²) in [5.41, 5.74) is 2.54. The number of rotatable bonds is 8. The molecule has 0 saturated carbocycles. The van der Waals surface area contributed by atoms with E-state index in [0.717, 1.165) is 31.7 Å². The fraction of sp³-hybridized carbons (Fsp3) is 0.650. The first-order valence-electron chi connectivity index (χ1n) is 9.15. The smallest absolute Gasteiger partial charge is 0.257 e. The maximum absolute atomic E-state index is 12.2. The van der Waals surface area contributed by atoms with Gasteiger partial charge in [0, 0.05) is 19.1 Å². The number of hydrogen-bond acceptors (Lipinski definition) is 4. The molecule has 1 aliphatic rings. The molecule has 0 spiro atoms. The Morgan fingerprint density at radius 3 is 2.58 bits per heavy atom. The fourth-order valence-corrected chi connectivity index (χ4v) is 3.51. The summed E-state index contributed by atoms with van der Waals surface area (Å²) in [5, 5.41) is 6.38. The number of ether oxygens (including phenoxy) is 2. The molecule has 6 heteroatoms. The van der Waals surface area contributed by atoms with Crippen LogP contribution in [0, 0.1) is 12.3 Å². The van der Waals surface area contributed by atoms with Crippen molar-refractivity contribution in [2.45, 2.75) is 39.5 Å². The summed E-state index contributed by atoms with van der Waals surface area (Å²) in [4.78, 5) is 12.2. The summed E-state index contributed by atoms with van der Waals surface area (Å²) >= 11 is 0. The van der Waals surface area contributed by atoms with E-state index in [9.17, 15) is 4.79 Å². The number of benzene rings is 1. The lowest BCUT2D eigenvalue weighted by Crippen LogP contribution is -2.47. The summed E-state index contributed by atoms with van der Waals surface area (Å²) in [6.07, 6.45) is 2.02. The molecule has 26 heavy (non-hydrogen) atoms. The number of carbonyl (C=O) groups excluding carboxylic acids is 1. The predicted molar refractivity (Wildman–Crippen MR) is 107 cm³/mol. The topological polar surface area (TPSA) is 59.6 Å². The molecule has 0 unspecified atom stereocenters. The van der Waals surface area contributed by atoms with Crippen LogP contribution in [0.3, 0.4) is 0 Å². The van der Waals surface area contributed by atoms with Gasteiger partial charge in [-0.2, -0.15) is 0 Å². The van der Waals surface area contributed by atoms with Crippen LogP contribution in [0.5, 0.6) is 5.75 Å². The van der Waals surface area contributed by atoms with Crippen molar-refractivity contribution in [2.75, 3.05) is 40.0 Å². The predicted octanol–water partition coefficient (Wildman–Crippen LogP) is 3.05. The van der Waals surface area contributed by atoms with Crippen molar-refractivity contribution in [2.24, 2.45) is 5.41 Å². The number of methoxy groups -OCH3 is 1. The summed E-state index contributed by atoms with van der Waals surface area (Å²) in [6.45, 7) is 9.71. The molecule has 2 rings (SSSR count). The minimum Gasteiger partial charge on any atom is -0.484 e. The van der Waals surface area contributed by atoms with Crippen LogP contribution < -0.4 is 15.4 Å². The van der Waals surface area contributed by atoms with E-state index in [1.54, 1.807) is 7.11 Å². The van der Waals surface area contributed by atoms with Gasteiger partial charge in [-0.05, 0) is 62.0 Å². The standard InChI is InChI=1S/C20H32N2O3.ClH/c1-15(2)18-6-5-17(11-16(18)3)25-12-19(23)22-13-20(14-24-4)7-9-21-10-8-20;/h5-6,11,15,21H,7-10,12-14H2,1-4H3,(H,22,23);1H. The van der Waals surface area contributed by atoms with Crippen molar-refractivity contribution >= 4 is 18.3 Å². The minimum atomic E-state index is -0.0837. The van der Waals surface area contributed by atoms with E-state index in [0.29, 0.717) is 19.1 Å². The Kier molecular flexibility index (Phi) is 9.41. The van der Waals surface area contributed by atoms with Gasteiger partial charge in [0.15, 0.2) is 6.61 Å². The van der Waals surface area contributed by atoms with Crippen molar-refractivity contribution in [1.82, 2.24) is 10.6 Å². The molecule has 1 aliphatic heterocycles. The van der Waals surface area contributed by atoms with Gasteiger partial charge in [-0.1, -0.05) is 19.9 Å². The van der Waals surface area contributed by atoms with Crippen LogP contribution in [0.1, 0.15) is 43.7 Å². The largest absolute Gasteiger partial charge is 0.484 e. The molecule has 1 saturated heterocycles. The molecule has 0 bridgehead atoms. The molecule has 1 aromatic carbocycles. The highest BCUT2D eigenvalue weighted by molar-refractivity contribution is 5.85. The van der Waals surface area contributed by atoms with Crippen molar-refractivity contribution in [1.29, 1.82) is 0 Å². The first-order chi connectivity index (χ1) is 12.0. The molecule has 1 fully saturated rings. The number of halogens is 1. The van der Waals surface area contributed by atoms with Gasteiger partial charge in [0.2, 0.25) is 0 Å². The molecule has 0 radical (unpaired) electrons. The monoisotopic (exact) mass is 384 g/mol. The first kappa shape index (κ1) is 22.7. The van der Waals surface area contributed by atoms with E-state index in [-0.39, 0.29) is 30.3 Å². The Balaban J connectivity index is 0.00000338. The van der Waals surface area contributed by atoms with Gasteiger partial charge in [-0.15, -0.1) is 12.4 Å². The second-order valence-corrected chi connectivity index (χ2v) is 7.42. The molecule has 0 aliphatic carbocycles. The maximum atomic E-state index is 12.2. The molecule has 1 aromatic rings. The highest BCUT2D eigenvalue weighted by Gasteiger charge is 2.32. The number of nitrogens with one attached hydrogen (secondary N) is 2. The normalized spacial score (nSPS) is 16.0. The van der Waals surface area contributed by atoms with Crippen molar-refractivity contribution in [3.05, 3.63) is 29.3 Å². The number of carbonyl (C=O) groups is 1. The van der Waals surface area contributed by atoms with E-state index >= 15 is 0 Å². The molecule has 1 amide bonds. The second-order valence-electron chi connectivity index (χ2n) is 7.42. The van der Waals surface area contributed by atoms with Crippen LogP contribution in [-0.4, -0.2) is 45.9 Å². The minimum absolute atomic E-state index is 0. The second kappa shape index (κ2) is 10.8. The molecule has 0 atom stereocenters. The van der Waals surface area contributed by atoms with E-state index in [1.165, 1.54) is 11.1 Å². The number of piperidine rings is 1. The zero-order valence-corrected chi connectivity index (χ0v) is 17.2. The zero-order chi connectivity index (χ0) is 18.3. The average Bonchev–Trinajstić information content (AvgIpc) is 2.59. The van der Waals surface area contributed by atoms with Crippen LogP contribution >= 0.6 is 12.4 Å². The van der Waals surface area contributed by atoms with Gasteiger partial charge in [0.1, 0.15) is 5.75 Å². The third kappa shape index (κ3) is 6.45. The number of amides is 1. The van der Waals surface area contributed by atoms with Crippen LogP contribution in [0.25, 0.3) is 0 Å². The van der Waals surface area contributed by atoms with Gasteiger partial charge in [0.05, 0.1) is 6.61 Å². The van der Waals surface area contributed by atoms with Crippen molar-refractivity contribution in [3.8, 4) is 5.75 Å². The van der Waals surface area contributed by atoms with Crippen LogP contribution in [0.4, 0.5) is 0 Å². The van der Waals surface area contributed by atoms with Gasteiger partial charge in [-0.3, -0.25) is 4.79 Å². The summed E-state index contributed by atoms with van der Waals surface area (Å²) in [7, 11) is 1.72. The lowest BCUT2D eigenvalue weighted by atomic mass is 9.79. The fourth-order valence-electron chi connectivity index (χ4n) is 3.51. The van der Waals surface area contributed by atoms with Gasteiger partial charge >= 0.3 is 0 Å². The van der Waals surface area contributed by atoms with Gasteiger partial charge in [-0.25, -0.2) is 0 Å². The van der Waals surface area contributed by atoms with Crippen LogP contribution in [-0.2, 0) is 9.53 Å². The number of aryl methyl sites for hydroxylation is 1. The van der Waals surface area contributed by atoms with E-state index in [1.807, 2.05) is 12.1 Å². The Labute approximate surface area is 163 Å². The maximum Gasteiger partial charge on any atom is 0.257 e. The third-order valence-corrected chi connectivity index (χ3v) is 5.01. The van der Waals surface area contributed by atoms with Crippen LogP contribution in [0.15, 0.2) is 18.2 Å². The van der Waals surface area contributed by atoms with E-state index in [2.05, 4.69) is 37.5 Å². The highest BCUT2D eigenvalue weighted by Crippen LogP contribution is 2.28. The van der Waals surface area contributed by atoms with Crippen molar-refractivity contribution in [3.63, 3.8) is 0 Å². The van der Waals surface area contributed by atoms with Gasteiger partial charge < -0.3 is 20.1 Å². The average molecular weight is 385 g/mol. The summed E-state index contributed by atoms with van der Waals surface area (Å²) in [6, 6.07) is 6.02. The highest BCUT2D eigenvalue weighted by atomic mass is 35.5. The van der Waals surface area contributed by atoms with E-state index < -0.39 is 0 Å². The first-order valence-corrected chi connectivity index (χ1v) is 9.15. The molecule has 148 valence electrons. The Morgan fingerprint density at radius 2 is 2.00 bits per heavy atom. The lowest BCUT2D eigenvalue weighted by Gasteiger charge is -2.37. The Morgan fingerprint density at radius 1 is 1.31 bits per heavy atom. The Bertz CT molecular complexity index is 567. The molecule has 2 N–H and O–H groups in total.